The van der Waals surface area contributed by atoms with Gasteiger partial charge in [0.2, 0.25) is 0 Å². The molecule has 2 amide bonds. The lowest BCUT2D eigenvalue weighted by Gasteiger charge is -2.37. The van der Waals surface area contributed by atoms with Crippen LogP contribution >= 0.6 is 0 Å². The van der Waals surface area contributed by atoms with E-state index < -0.39 is 5.79 Å². The smallest absolute Gasteiger partial charge is 0.265 e. The molecule has 0 N–H and O–H groups in total. The Morgan fingerprint density at radius 1 is 1.03 bits per heavy atom. The normalized spacial score (nSPS) is 20.0. The van der Waals surface area contributed by atoms with Crippen molar-refractivity contribution in [2.24, 2.45) is 0 Å². The molecule has 2 aromatic rings. The largest absolute Gasteiger partial charge is 0.482 e. The first-order valence-electron chi connectivity index (χ1n) is 10.4. The van der Waals surface area contributed by atoms with E-state index >= 15 is 0 Å². The van der Waals surface area contributed by atoms with Crippen LogP contribution in [0.4, 0.5) is 10.1 Å². The van der Waals surface area contributed by atoms with Crippen LogP contribution in [0.2, 0.25) is 0 Å². The van der Waals surface area contributed by atoms with Crippen LogP contribution < -0.4 is 9.64 Å². The van der Waals surface area contributed by atoms with E-state index in [1.165, 1.54) is 12.1 Å². The zero-order valence-corrected chi connectivity index (χ0v) is 17.0. The highest BCUT2D eigenvalue weighted by Crippen LogP contribution is 2.36. The zero-order chi connectivity index (χ0) is 21.4. The quantitative estimate of drug-likeness (QED) is 0.755. The molecule has 3 aliphatic heterocycles. The molecule has 31 heavy (non-hydrogen) atoms. The molecule has 0 atom stereocenters. The number of ether oxygens (including phenoxy) is 3. The first kappa shape index (κ1) is 20.0. The van der Waals surface area contributed by atoms with E-state index in [1.807, 2.05) is 0 Å². The first-order valence-corrected chi connectivity index (χ1v) is 10.4. The summed E-state index contributed by atoms with van der Waals surface area (Å²) in [6.45, 7) is 2.48. The van der Waals surface area contributed by atoms with Crippen molar-refractivity contribution < 1.29 is 28.2 Å². The minimum Gasteiger partial charge on any atom is -0.482 e. The van der Waals surface area contributed by atoms with Gasteiger partial charge in [-0.3, -0.25) is 9.59 Å². The SMILES string of the molecule is O=C(c1ccc2c(c1)N(Cc1ccc(F)cc1)C(=O)CO2)N1CCC2(CC1)OCCO2. The number of hydrogen-bond donors (Lipinski definition) is 0. The van der Waals surface area contributed by atoms with Crippen molar-refractivity contribution in [2.45, 2.75) is 25.2 Å². The van der Waals surface area contributed by atoms with Crippen LogP contribution in [0.5, 0.6) is 5.75 Å². The van der Waals surface area contributed by atoms with Gasteiger partial charge in [-0.1, -0.05) is 12.1 Å². The van der Waals surface area contributed by atoms with Crippen molar-refractivity contribution in [1.82, 2.24) is 4.90 Å². The summed E-state index contributed by atoms with van der Waals surface area (Å²) >= 11 is 0. The number of likely N-dealkylation sites (tertiary alicyclic amines) is 1. The van der Waals surface area contributed by atoms with Crippen LogP contribution in [0.3, 0.4) is 0 Å². The van der Waals surface area contributed by atoms with E-state index in [4.69, 9.17) is 14.2 Å². The molecule has 0 aromatic heterocycles. The zero-order valence-electron chi connectivity index (χ0n) is 17.0. The molecular weight excluding hydrogens is 403 g/mol. The highest BCUT2D eigenvalue weighted by Gasteiger charge is 2.41. The summed E-state index contributed by atoms with van der Waals surface area (Å²) in [5.41, 5.74) is 1.82. The Morgan fingerprint density at radius 3 is 2.45 bits per heavy atom. The number of carbonyl (C=O) groups excluding carboxylic acids is 2. The van der Waals surface area contributed by atoms with Gasteiger partial charge in [0.1, 0.15) is 11.6 Å². The monoisotopic (exact) mass is 426 g/mol. The van der Waals surface area contributed by atoms with Crippen LogP contribution in [-0.4, -0.2) is 55.4 Å². The lowest BCUT2D eigenvalue weighted by molar-refractivity contribution is -0.181. The maximum absolute atomic E-state index is 13.2. The van der Waals surface area contributed by atoms with Gasteiger partial charge in [0.25, 0.3) is 11.8 Å². The van der Waals surface area contributed by atoms with E-state index in [2.05, 4.69) is 0 Å². The highest BCUT2D eigenvalue weighted by atomic mass is 19.1. The number of benzene rings is 2. The van der Waals surface area contributed by atoms with Gasteiger partial charge in [-0.05, 0) is 35.9 Å². The van der Waals surface area contributed by atoms with Gasteiger partial charge >= 0.3 is 0 Å². The van der Waals surface area contributed by atoms with Crippen molar-refractivity contribution in [1.29, 1.82) is 0 Å². The molecule has 3 heterocycles. The maximum Gasteiger partial charge on any atom is 0.265 e. The summed E-state index contributed by atoms with van der Waals surface area (Å²) in [6.07, 6.45) is 1.28. The molecule has 0 saturated carbocycles. The molecule has 162 valence electrons. The molecule has 2 saturated heterocycles. The molecule has 0 aliphatic carbocycles. The lowest BCUT2D eigenvalue weighted by atomic mass is 10.0. The van der Waals surface area contributed by atoms with Gasteiger partial charge in [0, 0.05) is 31.5 Å². The van der Waals surface area contributed by atoms with Crippen LogP contribution in [0.1, 0.15) is 28.8 Å². The Kier molecular flexibility index (Phi) is 5.11. The van der Waals surface area contributed by atoms with Gasteiger partial charge in [0.05, 0.1) is 25.4 Å². The minimum atomic E-state index is -0.543. The third-order valence-corrected chi connectivity index (χ3v) is 6.03. The predicted octanol–water partition coefficient (Wildman–Crippen LogP) is 2.73. The second-order valence-corrected chi connectivity index (χ2v) is 7.98. The molecule has 3 aliphatic rings. The minimum absolute atomic E-state index is 0.0737. The third kappa shape index (κ3) is 3.88. The van der Waals surface area contributed by atoms with E-state index in [0.717, 1.165) is 5.56 Å². The second-order valence-electron chi connectivity index (χ2n) is 7.98. The van der Waals surface area contributed by atoms with Crippen LogP contribution in [0.15, 0.2) is 42.5 Å². The number of rotatable bonds is 3. The molecule has 7 nitrogen and oxygen atoms in total. The average Bonchev–Trinajstić information content (AvgIpc) is 3.24. The Bertz CT molecular complexity index is 994. The summed E-state index contributed by atoms with van der Waals surface area (Å²) in [7, 11) is 0. The Labute approximate surface area is 179 Å². The molecular formula is C23H23FN2O5. The molecule has 1 spiro atoms. The number of piperidine rings is 1. The summed E-state index contributed by atoms with van der Waals surface area (Å²) in [4.78, 5) is 29.1. The summed E-state index contributed by atoms with van der Waals surface area (Å²) in [5, 5.41) is 0. The van der Waals surface area contributed by atoms with E-state index in [0.29, 0.717) is 56.1 Å². The summed E-state index contributed by atoms with van der Waals surface area (Å²) in [5.74, 6) is -0.642. The topological polar surface area (TPSA) is 68.3 Å². The molecule has 0 unspecified atom stereocenters. The Balaban J connectivity index is 1.36. The molecule has 5 rings (SSSR count). The number of halogens is 1. The van der Waals surface area contributed by atoms with E-state index in [-0.39, 0.29) is 30.8 Å². The van der Waals surface area contributed by atoms with Gasteiger partial charge in [0.15, 0.2) is 12.4 Å². The Hall–Kier alpha value is -2.97. The Morgan fingerprint density at radius 2 is 1.74 bits per heavy atom. The van der Waals surface area contributed by atoms with Gasteiger partial charge in [-0.25, -0.2) is 4.39 Å². The van der Waals surface area contributed by atoms with Crippen LogP contribution in [0.25, 0.3) is 0 Å². The number of carbonyl (C=O) groups is 2. The fraction of sp³-hybridized carbons (Fsp3) is 0.391. The fourth-order valence-electron chi connectivity index (χ4n) is 4.30. The summed E-state index contributed by atoms with van der Waals surface area (Å²) in [6, 6.07) is 11.2. The predicted molar refractivity (Wildman–Crippen MR) is 109 cm³/mol. The van der Waals surface area contributed by atoms with Crippen molar-refractivity contribution in [2.75, 3.05) is 37.8 Å². The van der Waals surface area contributed by atoms with Gasteiger partial charge in [-0.2, -0.15) is 0 Å². The second kappa shape index (κ2) is 7.94. The summed E-state index contributed by atoms with van der Waals surface area (Å²) < 4.78 is 30.3. The van der Waals surface area contributed by atoms with E-state index in [9.17, 15) is 14.0 Å². The van der Waals surface area contributed by atoms with Gasteiger partial charge < -0.3 is 24.0 Å². The van der Waals surface area contributed by atoms with Gasteiger partial charge in [-0.15, -0.1) is 0 Å². The van der Waals surface area contributed by atoms with E-state index in [1.54, 1.807) is 40.1 Å². The number of hydrogen-bond acceptors (Lipinski definition) is 5. The standard InChI is InChI=1S/C23H23FN2O5/c24-18-4-1-16(2-5-18)14-26-19-13-17(3-6-20(19)29-15-21(26)27)22(28)25-9-7-23(8-10-25)30-11-12-31-23/h1-6,13H,7-12,14-15H2. The number of fused-ring (bicyclic) bond motifs is 1. The van der Waals surface area contributed by atoms with Crippen molar-refractivity contribution in [3.05, 3.63) is 59.4 Å². The molecule has 0 bridgehead atoms. The molecule has 2 fully saturated rings. The molecule has 8 heteroatoms. The fourth-order valence-corrected chi connectivity index (χ4v) is 4.30. The molecule has 0 radical (unpaired) electrons. The van der Waals surface area contributed by atoms with Crippen molar-refractivity contribution in [3.63, 3.8) is 0 Å². The third-order valence-electron chi connectivity index (χ3n) is 6.03. The van der Waals surface area contributed by atoms with Crippen LogP contribution in [0, 0.1) is 5.82 Å². The number of amides is 2. The number of anilines is 1. The number of nitrogens with zero attached hydrogens (tertiary/aromatic N) is 2. The lowest BCUT2D eigenvalue weighted by Crippen LogP contribution is -2.47. The van der Waals surface area contributed by atoms with Crippen molar-refractivity contribution in [3.8, 4) is 5.75 Å². The molecule has 2 aromatic carbocycles. The maximum atomic E-state index is 13.2. The van der Waals surface area contributed by atoms with Crippen LogP contribution in [-0.2, 0) is 20.8 Å². The highest BCUT2D eigenvalue weighted by molar-refractivity contribution is 6.01. The average molecular weight is 426 g/mol. The first-order chi connectivity index (χ1) is 15.0. The van der Waals surface area contributed by atoms with Crippen molar-refractivity contribution >= 4 is 17.5 Å².